The number of nitrogens with one attached hydrogen (secondary N) is 1. The quantitative estimate of drug-likeness (QED) is 0.652. The topological polar surface area (TPSA) is 58.6 Å². The lowest BCUT2D eigenvalue weighted by Gasteiger charge is -2.15. The van der Waals surface area contributed by atoms with Crippen molar-refractivity contribution in [1.82, 2.24) is 5.32 Å². The van der Waals surface area contributed by atoms with E-state index in [0.29, 0.717) is 31.4 Å². The van der Waals surface area contributed by atoms with Crippen molar-refractivity contribution in [3.05, 3.63) is 30.1 Å². The van der Waals surface area contributed by atoms with Crippen LogP contribution in [-0.2, 0) is 4.79 Å². The van der Waals surface area contributed by atoms with Gasteiger partial charge in [0.2, 0.25) is 0 Å². The van der Waals surface area contributed by atoms with Crippen LogP contribution in [0.5, 0.6) is 5.75 Å². The minimum absolute atomic E-state index is 0.273. The molecule has 0 amide bonds. The number of rotatable bonds is 10. The fraction of sp³-hybridized carbons (Fsp3) is 0.562. The summed E-state index contributed by atoms with van der Waals surface area (Å²) in [5.74, 6) is -0.631. The molecule has 0 fully saturated rings. The van der Waals surface area contributed by atoms with Gasteiger partial charge in [0, 0.05) is 12.6 Å². The van der Waals surface area contributed by atoms with Crippen molar-refractivity contribution in [1.29, 1.82) is 0 Å². The van der Waals surface area contributed by atoms with Gasteiger partial charge < -0.3 is 15.2 Å². The first-order valence-corrected chi connectivity index (χ1v) is 7.33. The lowest BCUT2D eigenvalue weighted by atomic mass is 10.0. The lowest BCUT2D eigenvalue weighted by molar-refractivity contribution is -0.141. The Morgan fingerprint density at radius 3 is 2.57 bits per heavy atom. The molecule has 0 heterocycles. The summed E-state index contributed by atoms with van der Waals surface area (Å²) >= 11 is 0. The Kier molecular flexibility index (Phi) is 7.75. The van der Waals surface area contributed by atoms with Crippen molar-refractivity contribution in [2.45, 2.75) is 39.2 Å². The summed E-state index contributed by atoms with van der Waals surface area (Å²) in [6, 6.07) is 6.27. The molecule has 0 radical (unpaired) electrons. The van der Waals surface area contributed by atoms with E-state index in [1.54, 1.807) is 19.1 Å². The summed E-state index contributed by atoms with van der Waals surface area (Å²) in [5.41, 5.74) is 0. The van der Waals surface area contributed by atoms with Crippen LogP contribution in [0, 0.1) is 11.7 Å². The Morgan fingerprint density at radius 1 is 1.29 bits per heavy atom. The summed E-state index contributed by atoms with van der Waals surface area (Å²) in [7, 11) is 0. The maximum Gasteiger partial charge on any atom is 0.306 e. The van der Waals surface area contributed by atoms with E-state index in [1.807, 2.05) is 0 Å². The van der Waals surface area contributed by atoms with Crippen LogP contribution >= 0.6 is 0 Å². The second-order valence-corrected chi connectivity index (χ2v) is 5.33. The van der Waals surface area contributed by atoms with E-state index in [2.05, 4.69) is 12.2 Å². The highest BCUT2D eigenvalue weighted by molar-refractivity contribution is 5.69. The van der Waals surface area contributed by atoms with Crippen LogP contribution in [0.2, 0.25) is 0 Å². The average Bonchev–Trinajstić information content (AvgIpc) is 2.45. The summed E-state index contributed by atoms with van der Waals surface area (Å²) in [4.78, 5) is 10.7. The summed E-state index contributed by atoms with van der Waals surface area (Å²) < 4.78 is 18.2. The van der Waals surface area contributed by atoms with Gasteiger partial charge in [0.1, 0.15) is 18.2 Å². The standard InChI is InChI=1S/C16H24FNO3/c1-12(16(19)20)4-3-5-13(2)18-10-11-21-15-8-6-14(17)7-9-15/h6-9,12-13,18H,3-5,10-11H2,1-2H3,(H,19,20). The molecule has 118 valence electrons. The van der Waals surface area contributed by atoms with Crippen LogP contribution in [-0.4, -0.2) is 30.3 Å². The van der Waals surface area contributed by atoms with E-state index in [-0.39, 0.29) is 11.7 Å². The van der Waals surface area contributed by atoms with Crippen molar-refractivity contribution >= 4 is 5.97 Å². The third kappa shape index (κ3) is 7.66. The van der Waals surface area contributed by atoms with Crippen molar-refractivity contribution in [3.8, 4) is 5.75 Å². The summed E-state index contributed by atoms with van der Waals surface area (Å²) in [5, 5.41) is 12.1. The molecule has 0 bridgehead atoms. The highest BCUT2D eigenvalue weighted by Gasteiger charge is 2.10. The molecule has 21 heavy (non-hydrogen) atoms. The second kappa shape index (κ2) is 9.34. The molecular weight excluding hydrogens is 273 g/mol. The smallest absolute Gasteiger partial charge is 0.306 e. The Hall–Kier alpha value is -1.62. The van der Waals surface area contributed by atoms with Crippen LogP contribution in [0.25, 0.3) is 0 Å². The molecule has 5 heteroatoms. The van der Waals surface area contributed by atoms with E-state index in [1.165, 1.54) is 12.1 Å². The van der Waals surface area contributed by atoms with E-state index in [0.717, 1.165) is 12.8 Å². The molecule has 0 aromatic heterocycles. The Bertz CT molecular complexity index is 422. The van der Waals surface area contributed by atoms with Gasteiger partial charge in [-0.05, 0) is 44.0 Å². The molecule has 0 aliphatic rings. The molecule has 1 rings (SSSR count). The first-order chi connectivity index (χ1) is 9.99. The Labute approximate surface area is 125 Å². The third-order valence-electron chi connectivity index (χ3n) is 3.37. The zero-order valence-corrected chi connectivity index (χ0v) is 12.6. The monoisotopic (exact) mass is 297 g/mol. The van der Waals surface area contributed by atoms with Crippen LogP contribution in [0.4, 0.5) is 4.39 Å². The minimum Gasteiger partial charge on any atom is -0.492 e. The molecule has 0 spiro atoms. The molecule has 1 aromatic rings. The third-order valence-corrected chi connectivity index (χ3v) is 3.37. The van der Waals surface area contributed by atoms with Crippen molar-refractivity contribution < 1.29 is 19.0 Å². The average molecular weight is 297 g/mol. The fourth-order valence-electron chi connectivity index (χ4n) is 1.96. The first kappa shape index (κ1) is 17.4. The van der Waals surface area contributed by atoms with Crippen molar-refractivity contribution in [3.63, 3.8) is 0 Å². The second-order valence-electron chi connectivity index (χ2n) is 5.33. The van der Waals surface area contributed by atoms with Gasteiger partial charge in [-0.1, -0.05) is 13.3 Å². The maximum absolute atomic E-state index is 12.7. The number of hydrogen-bond donors (Lipinski definition) is 2. The molecule has 2 N–H and O–H groups in total. The number of carboxylic acids is 1. The molecule has 2 unspecified atom stereocenters. The first-order valence-electron chi connectivity index (χ1n) is 7.33. The molecule has 0 saturated heterocycles. The molecule has 1 aromatic carbocycles. The number of benzene rings is 1. The number of carbonyl (C=O) groups is 1. The minimum atomic E-state index is -0.733. The van der Waals surface area contributed by atoms with Gasteiger partial charge >= 0.3 is 5.97 Å². The van der Waals surface area contributed by atoms with Crippen LogP contribution in [0.1, 0.15) is 33.1 Å². The number of hydrogen-bond acceptors (Lipinski definition) is 3. The predicted octanol–water partition coefficient (Wildman–Crippen LogP) is 3.07. The molecule has 4 nitrogen and oxygen atoms in total. The van der Waals surface area contributed by atoms with Crippen LogP contribution < -0.4 is 10.1 Å². The zero-order valence-electron chi connectivity index (χ0n) is 12.6. The molecular formula is C16H24FNO3. The molecule has 0 aliphatic carbocycles. The predicted molar refractivity (Wildman–Crippen MR) is 80.0 cm³/mol. The van der Waals surface area contributed by atoms with Gasteiger partial charge in [0.25, 0.3) is 0 Å². The summed E-state index contributed by atoms with van der Waals surface area (Å²) in [6.45, 7) is 5.02. The Morgan fingerprint density at radius 2 is 1.95 bits per heavy atom. The van der Waals surface area contributed by atoms with Crippen LogP contribution in [0.3, 0.4) is 0 Å². The largest absolute Gasteiger partial charge is 0.492 e. The van der Waals surface area contributed by atoms with Crippen molar-refractivity contribution in [2.24, 2.45) is 5.92 Å². The van der Waals surface area contributed by atoms with Crippen molar-refractivity contribution in [2.75, 3.05) is 13.2 Å². The van der Waals surface area contributed by atoms with Gasteiger partial charge in [0.05, 0.1) is 5.92 Å². The van der Waals surface area contributed by atoms with E-state index < -0.39 is 5.97 Å². The molecule has 0 aliphatic heterocycles. The number of halogens is 1. The normalized spacial score (nSPS) is 13.7. The maximum atomic E-state index is 12.7. The van der Waals surface area contributed by atoms with E-state index in [4.69, 9.17) is 9.84 Å². The fourth-order valence-corrected chi connectivity index (χ4v) is 1.96. The van der Waals surface area contributed by atoms with E-state index >= 15 is 0 Å². The number of carboxylic acid groups (broad SMARTS) is 1. The van der Waals surface area contributed by atoms with Crippen LogP contribution in [0.15, 0.2) is 24.3 Å². The van der Waals surface area contributed by atoms with Gasteiger partial charge in [-0.3, -0.25) is 4.79 Å². The van der Waals surface area contributed by atoms with Gasteiger partial charge in [-0.2, -0.15) is 0 Å². The van der Waals surface area contributed by atoms with Gasteiger partial charge in [0.15, 0.2) is 0 Å². The highest BCUT2D eigenvalue weighted by atomic mass is 19.1. The number of ether oxygens (including phenoxy) is 1. The highest BCUT2D eigenvalue weighted by Crippen LogP contribution is 2.11. The Balaban J connectivity index is 2.06. The lowest BCUT2D eigenvalue weighted by Crippen LogP contribution is -2.30. The van der Waals surface area contributed by atoms with Gasteiger partial charge in [-0.15, -0.1) is 0 Å². The SMILES string of the molecule is CC(CCCC(C)C(=O)O)NCCOc1ccc(F)cc1. The zero-order chi connectivity index (χ0) is 15.7. The summed E-state index contributed by atoms with van der Waals surface area (Å²) in [6.07, 6.45) is 2.53. The number of aliphatic carboxylic acids is 1. The molecule has 2 atom stereocenters. The van der Waals surface area contributed by atoms with Gasteiger partial charge in [-0.25, -0.2) is 4.39 Å². The molecule has 0 saturated carbocycles. The van der Waals surface area contributed by atoms with E-state index in [9.17, 15) is 9.18 Å².